The Balaban J connectivity index is 1.75. The molecule has 1 aromatic rings. The third-order valence-electron chi connectivity index (χ3n) is 5.40. The first-order valence-corrected chi connectivity index (χ1v) is 10.8. The third kappa shape index (κ3) is 3.68. The van der Waals surface area contributed by atoms with Crippen molar-refractivity contribution in [3.05, 3.63) is 35.4 Å². The molecule has 0 spiro atoms. The van der Waals surface area contributed by atoms with Crippen LogP contribution in [0.4, 0.5) is 0 Å². The number of aryl methyl sites for hydroxylation is 1. The molecule has 0 radical (unpaired) electrons. The van der Waals surface area contributed by atoms with Crippen LogP contribution in [0.25, 0.3) is 0 Å². The van der Waals surface area contributed by atoms with Crippen LogP contribution in [-0.2, 0) is 16.3 Å². The van der Waals surface area contributed by atoms with Crippen LogP contribution in [0.1, 0.15) is 44.2 Å². The van der Waals surface area contributed by atoms with Gasteiger partial charge in [0.25, 0.3) is 0 Å². The Morgan fingerprint density at radius 3 is 2.84 bits per heavy atom. The van der Waals surface area contributed by atoms with E-state index in [1.165, 1.54) is 11.1 Å². The Labute approximate surface area is 151 Å². The maximum atomic E-state index is 12.2. The summed E-state index contributed by atoms with van der Waals surface area (Å²) < 4.78 is 23.8. The average Bonchev–Trinajstić information content (AvgIpc) is 2.97. The fourth-order valence-electron chi connectivity index (χ4n) is 3.78. The van der Waals surface area contributed by atoms with E-state index in [1.807, 2.05) is 20.8 Å². The van der Waals surface area contributed by atoms with Crippen molar-refractivity contribution in [3.63, 3.8) is 0 Å². The second-order valence-corrected chi connectivity index (χ2v) is 10.4. The number of hydrogen-bond acceptors (Lipinski definition) is 3. The zero-order valence-corrected chi connectivity index (χ0v) is 16.3. The highest BCUT2D eigenvalue weighted by atomic mass is 32.2. The van der Waals surface area contributed by atoms with Gasteiger partial charge in [0, 0.05) is 32.1 Å². The topological polar surface area (TPSA) is 61.8 Å². The van der Waals surface area contributed by atoms with E-state index in [4.69, 9.17) is 4.99 Å². The number of fused-ring (bicyclic) bond motifs is 1. The molecule has 0 aromatic heterocycles. The van der Waals surface area contributed by atoms with Crippen LogP contribution in [-0.4, -0.2) is 56.0 Å². The van der Waals surface area contributed by atoms with Crippen LogP contribution in [0.15, 0.2) is 29.3 Å². The lowest BCUT2D eigenvalue weighted by Crippen LogP contribution is -2.57. The summed E-state index contributed by atoms with van der Waals surface area (Å²) >= 11 is 0. The van der Waals surface area contributed by atoms with Crippen molar-refractivity contribution in [2.45, 2.75) is 44.3 Å². The van der Waals surface area contributed by atoms with Crippen molar-refractivity contribution in [3.8, 4) is 0 Å². The van der Waals surface area contributed by atoms with Gasteiger partial charge in [-0.1, -0.05) is 24.3 Å². The van der Waals surface area contributed by atoms with Gasteiger partial charge in [0.1, 0.15) is 0 Å². The van der Waals surface area contributed by atoms with Gasteiger partial charge in [0.15, 0.2) is 15.8 Å². The monoisotopic (exact) mass is 363 g/mol. The first-order valence-electron chi connectivity index (χ1n) is 9.17. The molecule has 1 atom stereocenters. The standard InChI is InChI=1S/C19H29N3O2S/c1-4-20-18(22-11-12-25(23,24)19(2,3)14-22)21-13-16-10-9-15-7-5-6-8-17(15)16/h5-8,16H,4,9-14H2,1-3H3,(H,20,21). The minimum Gasteiger partial charge on any atom is -0.357 e. The van der Waals surface area contributed by atoms with Gasteiger partial charge in [-0.2, -0.15) is 0 Å². The normalized spacial score (nSPS) is 24.8. The van der Waals surface area contributed by atoms with E-state index in [0.29, 0.717) is 19.0 Å². The van der Waals surface area contributed by atoms with Gasteiger partial charge < -0.3 is 10.2 Å². The van der Waals surface area contributed by atoms with E-state index in [9.17, 15) is 8.42 Å². The highest BCUT2D eigenvalue weighted by Gasteiger charge is 2.41. The van der Waals surface area contributed by atoms with Crippen molar-refractivity contribution in [2.24, 2.45) is 4.99 Å². The molecular formula is C19H29N3O2S. The summed E-state index contributed by atoms with van der Waals surface area (Å²) in [5, 5.41) is 3.35. The van der Waals surface area contributed by atoms with Crippen LogP contribution in [0, 0.1) is 0 Å². The zero-order valence-electron chi connectivity index (χ0n) is 15.5. The zero-order chi connectivity index (χ0) is 18.1. The molecule has 1 fully saturated rings. The van der Waals surface area contributed by atoms with Crippen LogP contribution < -0.4 is 5.32 Å². The van der Waals surface area contributed by atoms with E-state index in [0.717, 1.165) is 31.9 Å². The van der Waals surface area contributed by atoms with Crippen molar-refractivity contribution < 1.29 is 8.42 Å². The number of nitrogens with one attached hydrogen (secondary N) is 1. The fraction of sp³-hybridized carbons (Fsp3) is 0.632. The quantitative estimate of drug-likeness (QED) is 0.661. The predicted octanol–water partition coefficient (Wildman–Crippen LogP) is 2.19. The molecule has 0 amide bonds. The molecule has 1 aliphatic heterocycles. The maximum absolute atomic E-state index is 12.2. The smallest absolute Gasteiger partial charge is 0.194 e. The van der Waals surface area contributed by atoms with E-state index in [-0.39, 0.29) is 5.75 Å². The minimum atomic E-state index is -3.04. The first-order chi connectivity index (χ1) is 11.8. The lowest BCUT2D eigenvalue weighted by Gasteiger charge is -2.39. The Kier molecular flexibility index (Phi) is 5.09. The summed E-state index contributed by atoms with van der Waals surface area (Å²) in [6.45, 7) is 8.21. The van der Waals surface area contributed by atoms with Gasteiger partial charge in [0.2, 0.25) is 0 Å². The van der Waals surface area contributed by atoms with Crippen molar-refractivity contribution in [1.29, 1.82) is 0 Å². The largest absolute Gasteiger partial charge is 0.357 e. The summed E-state index contributed by atoms with van der Waals surface area (Å²) in [4.78, 5) is 6.97. The van der Waals surface area contributed by atoms with Crippen LogP contribution in [0.3, 0.4) is 0 Å². The van der Waals surface area contributed by atoms with Gasteiger partial charge in [0.05, 0.1) is 10.5 Å². The lowest BCUT2D eigenvalue weighted by atomic mass is 10.0. The maximum Gasteiger partial charge on any atom is 0.194 e. The van der Waals surface area contributed by atoms with Crippen molar-refractivity contribution in [2.75, 3.05) is 31.9 Å². The van der Waals surface area contributed by atoms with Gasteiger partial charge in [-0.15, -0.1) is 0 Å². The van der Waals surface area contributed by atoms with Crippen LogP contribution in [0.2, 0.25) is 0 Å². The Hall–Kier alpha value is -1.56. The van der Waals surface area contributed by atoms with Gasteiger partial charge >= 0.3 is 0 Å². The number of benzene rings is 1. The number of guanidine groups is 1. The number of rotatable bonds is 3. The van der Waals surface area contributed by atoms with E-state index in [2.05, 4.69) is 34.5 Å². The minimum absolute atomic E-state index is 0.191. The van der Waals surface area contributed by atoms with E-state index >= 15 is 0 Å². The molecule has 1 N–H and O–H groups in total. The first kappa shape index (κ1) is 18.2. The van der Waals surface area contributed by atoms with Gasteiger partial charge in [-0.05, 0) is 44.7 Å². The summed E-state index contributed by atoms with van der Waals surface area (Å²) in [5.74, 6) is 1.50. The van der Waals surface area contributed by atoms with E-state index < -0.39 is 14.6 Å². The molecular weight excluding hydrogens is 334 g/mol. The van der Waals surface area contributed by atoms with E-state index in [1.54, 1.807) is 0 Å². The molecule has 0 bridgehead atoms. The molecule has 25 heavy (non-hydrogen) atoms. The molecule has 3 rings (SSSR count). The molecule has 1 aliphatic carbocycles. The van der Waals surface area contributed by atoms with Crippen molar-refractivity contribution in [1.82, 2.24) is 10.2 Å². The fourth-order valence-corrected chi connectivity index (χ4v) is 5.15. The van der Waals surface area contributed by atoms with Crippen molar-refractivity contribution >= 4 is 15.8 Å². The Morgan fingerprint density at radius 1 is 1.36 bits per heavy atom. The Morgan fingerprint density at radius 2 is 2.12 bits per heavy atom. The summed E-state index contributed by atoms with van der Waals surface area (Å²) in [6.07, 6.45) is 2.27. The highest BCUT2D eigenvalue weighted by Crippen LogP contribution is 2.33. The molecule has 1 saturated heterocycles. The second-order valence-electron chi connectivity index (χ2n) is 7.63. The molecule has 6 heteroatoms. The molecule has 0 saturated carbocycles. The SMILES string of the molecule is CCNC(=NCC1CCc2ccccc21)N1CCS(=O)(=O)C(C)(C)C1. The predicted molar refractivity (Wildman–Crippen MR) is 103 cm³/mol. The summed E-state index contributed by atoms with van der Waals surface area (Å²) in [6, 6.07) is 8.63. The molecule has 2 aliphatic rings. The summed E-state index contributed by atoms with van der Waals surface area (Å²) in [5.41, 5.74) is 2.86. The van der Waals surface area contributed by atoms with Crippen LogP contribution in [0.5, 0.6) is 0 Å². The lowest BCUT2D eigenvalue weighted by molar-refractivity contribution is 0.353. The second kappa shape index (κ2) is 6.98. The molecule has 1 unspecified atom stereocenters. The third-order valence-corrected chi connectivity index (χ3v) is 7.93. The summed E-state index contributed by atoms with van der Waals surface area (Å²) in [7, 11) is -3.04. The molecule has 138 valence electrons. The molecule has 5 nitrogen and oxygen atoms in total. The van der Waals surface area contributed by atoms with Gasteiger partial charge in [-0.25, -0.2) is 8.42 Å². The van der Waals surface area contributed by atoms with Crippen LogP contribution >= 0.6 is 0 Å². The number of sulfone groups is 1. The number of aliphatic imine (C=N–C) groups is 1. The molecule has 1 heterocycles. The highest BCUT2D eigenvalue weighted by molar-refractivity contribution is 7.92. The van der Waals surface area contributed by atoms with Gasteiger partial charge in [-0.3, -0.25) is 4.99 Å². The molecule has 1 aromatic carbocycles. The average molecular weight is 364 g/mol. The number of nitrogens with zero attached hydrogens (tertiary/aromatic N) is 2. The number of hydrogen-bond donors (Lipinski definition) is 1. The Bertz CT molecular complexity index is 756.